The van der Waals surface area contributed by atoms with Crippen LogP contribution in [0.1, 0.15) is 18.9 Å². The standard InChI is InChI=1S/C22H37N7O/c1-3-23-22(29-7-6-20(18-29)27-12-14-30-15-13-27)25-17-19-4-5-21(24-16-19)28-10-8-26(2)9-11-28/h4-5,16,20H,3,6-15,17-18H2,1-2H3,(H,23,25). The van der Waals surface area contributed by atoms with E-state index < -0.39 is 0 Å². The van der Waals surface area contributed by atoms with Crippen LogP contribution in [-0.2, 0) is 11.3 Å². The fourth-order valence-electron chi connectivity index (χ4n) is 4.50. The Morgan fingerprint density at radius 2 is 1.93 bits per heavy atom. The molecule has 0 aliphatic carbocycles. The van der Waals surface area contributed by atoms with Crippen molar-refractivity contribution >= 4 is 11.8 Å². The molecule has 4 heterocycles. The molecule has 4 rings (SSSR count). The first kappa shape index (κ1) is 21.3. The van der Waals surface area contributed by atoms with E-state index in [1.807, 2.05) is 6.20 Å². The number of ether oxygens (including phenoxy) is 1. The number of likely N-dealkylation sites (N-methyl/N-ethyl adjacent to an activating group) is 1. The third-order valence-corrected chi connectivity index (χ3v) is 6.41. The number of anilines is 1. The third kappa shape index (κ3) is 5.42. The van der Waals surface area contributed by atoms with Gasteiger partial charge in [-0.2, -0.15) is 0 Å². The molecule has 0 spiro atoms. The average Bonchev–Trinajstić information content (AvgIpc) is 3.28. The number of nitrogens with zero attached hydrogens (tertiary/aromatic N) is 6. The maximum absolute atomic E-state index is 5.51. The SMILES string of the molecule is CCNC(=NCc1ccc(N2CCN(C)CC2)nc1)N1CCC(N2CCOCC2)C1. The summed E-state index contributed by atoms with van der Waals surface area (Å²) in [5.41, 5.74) is 1.16. The van der Waals surface area contributed by atoms with Crippen LogP contribution in [0.4, 0.5) is 5.82 Å². The maximum atomic E-state index is 5.51. The van der Waals surface area contributed by atoms with Crippen LogP contribution in [-0.4, -0.2) is 111 Å². The first-order valence-electron chi connectivity index (χ1n) is 11.5. The van der Waals surface area contributed by atoms with Crippen LogP contribution in [0.2, 0.25) is 0 Å². The predicted molar refractivity (Wildman–Crippen MR) is 121 cm³/mol. The van der Waals surface area contributed by atoms with Crippen molar-refractivity contribution in [2.75, 3.05) is 84.1 Å². The second-order valence-electron chi connectivity index (χ2n) is 8.52. The molecule has 1 unspecified atom stereocenters. The zero-order valence-corrected chi connectivity index (χ0v) is 18.6. The van der Waals surface area contributed by atoms with E-state index in [0.29, 0.717) is 12.6 Å². The predicted octanol–water partition coefficient (Wildman–Crippen LogP) is 0.705. The highest BCUT2D eigenvalue weighted by atomic mass is 16.5. The molecular weight excluding hydrogens is 378 g/mol. The van der Waals surface area contributed by atoms with Crippen LogP contribution in [0.3, 0.4) is 0 Å². The van der Waals surface area contributed by atoms with Crippen molar-refractivity contribution in [1.82, 2.24) is 25.0 Å². The van der Waals surface area contributed by atoms with E-state index in [0.717, 1.165) is 89.5 Å². The van der Waals surface area contributed by atoms with Gasteiger partial charge in [0.25, 0.3) is 0 Å². The third-order valence-electron chi connectivity index (χ3n) is 6.41. The molecule has 0 aromatic carbocycles. The summed E-state index contributed by atoms with van der Waals surface area (Å²) < 4.78 is 5.51. The lowest BCUT2D eigenvalue weighted by atomic mass is 10.2. The average molecular weight is 416 g/mol. The van der Waals surface area contributed by atoms with Crippen molar-refractivity contribution < 1.29 is 4.74 Å². The topological polar surface area (TPSA) is 59.5 Å². The summed E-state index contributed by atoms with van der Waals surface area (Å²) >= 11 is 0. The Morgan fingerprint density at radius 3 is 2.63 bits per heavy atom. The van der Waals surface area contributed by atoms with Gasteiger partial charge in [-0.3, -0.25) is 4.90 Å². The highest BCUT2D eigenvalue weighted by molar-refractivity contribution is 5.80. The number of guanidine groups is 1. The summed E-state index contributed by atoms with van der Waals surface area (Å²) in [7, 11) is 2.18. The van der Waals surface area contributed by atoms with Gasteiger partial charge in [0.1, 0.15) is 5.82 Å². The van der Waals surface area contributed by atoms with Gasteiger partial charge in [-0.25, -0.2) is 9.98 Å². The molecule has 1 N–H and O–H groups in total. The van der Waals surface area contributed by atoms with Gasteiger partial charge in [0, 0.05) is 71.1 Å². The molecule has 3 saturated heterocycles. The number of likely N-dealkylation sites (tertiary alicyclic amines) is 1. The molecule has 1 aromatic heterocycles. The highest BCUT2D eigenvalue weighted by Crippen LogP contribution is 2.18. The van der Waals surface area contributed by atoms with E-state index in [-0.39, 0.29) is 0 Å². The molecule has 30 heavy (non-hydrogen) atoms. The van der Waals surface area contributed by atoms with Gasteiger partial charge in [-0.1, -0.05) is 6.07 Å². The first-order chi connectivity index (χ1) is 14.7. The minimum Gasteiger partial charge on any atom is -0.379 e. The van der Waals surface area contributed by atoms with Gasteiger partial charge in [-0.15, -0.1) is 0 Å². The number of aromatic nitrogens is 1. The van der Waals surface area contributed by atoms with Gasteiger partial charge in [-0.05, 0) is 32.0 Å². The van der Waals surface area contributed by atoms with Crippen LogP contribution in [0, 0.1) is 0 Å². The van der Waals surface area contributed by atoms with E-state index in [9.17, 15) is 0 Å². The van der Waals surface area contributed by atoms with E-state index in [1.165, 1.54) is 6.42 Å². The molecule has 1 atom stereocenters. The number of hydrogen-bond acceptors (Lipinski definition) is 6. The molecule has 8 nitrogen and oxygen atoms in total. The Kier molecular flexibility index (Phi) is 7.41. The van der Waals surface area contributed by atoms with Crippen LogP contribution in [0.25, 0.3) is 0 Å². The number of aliphatic imine (C=N–C) groups is 1. The Bertz CT molecular complexity index is 681. The minimum absolute atomic E-state index is 0.613. The number of hydrogen-bond donors (Lipinski definition) is 1. The summed E-state index contributed by atoms with van der Waals surface area (Å²) in [6.07, 6.45) is 3.19. The second kappa shape index (κ2) is 10.4. The lowest BCUT2D eigenvalue weighted by Crippen LogP contribution is -2.46. The maximum Gasteiger partial charge on any atom is 0.194 e. The Balaban J connectivity index is 1.33. The van der Waals surface area contributed by atoms with Crippen molar-refractivity contribution in [3.8, 4) is 0 Å². The number of nitrogens with one attached hydrogen (secondary N) is 1. The zero-order chi connectivity index (χ0) is 20.8. The molecule has 3 aliphatic rings. The van der Waals surface area contributed by atoms with Gasteiger partial charge in [0.2, 0.25) is 0 Å². The minimum atomic E-state index is 0.613. The number of pyridine rings is 1. The Hall–Kier alpha value is -1.90. The first-order valence-corrected chi connectivity index (χ1v) is 11.5. The van der Waals surface area contributed by atoms with Crippen LogP contribution < -0.4 is 10.2 Å². The summed E-state index contributed by atoms with van der Waals surface area (Å²) in [4.78, 5) is 19.4. The molecule has 0 bridgehead atoms. The van der Waals surface area contributed by atoms with Gasteiger partial charge >= 0.3 is 0 Å². The number of morpholine rings is 1. The van der Waals surface area contributed by atoms with Crippen molar-refractivity contribution in [3.63, 3.8) is 0 Å². The van der Waals surface area contributed by atoms with Crippen molar-refractivity contribution in [2.45, 2.75) is 25.9 Å². The van der Waals surface area contributed by atoms with Crippen molar-refractivity contribution in [3.05, 3.63) is 23.9 Å². The molecule has 0 amide bonds. The normalized spacial score (nSPS) is 24.5. The van der Waals surface area contributed by atoms with Crippen molar-refractivity contribution in [2.24, 2.45) is 4.99 Å². The second-order valence-corrected chi connectivity index (χ2v) is 8.52. The summed E-state index contributed by atoms with van der Waals surface area (Å²) in [5.74, 6) is 2.10. The fraction of sp³-hybridized carbons (Fsp3) is 0.727. The molecular formula is C22H37N7O. The van der Waals surface area contributed by atoms with Crippen LogP contribution >= 0.6 is 0 Å². The summed E-state index contributed by atoms with van der Waals surface area (Å²) in [6, 6.07) is 4.93. The van der Waals surface area contributed by atoms with Crippen molar-refractivity contribution in [1.29, 1.82) is 0 Å². The smallest absolute Gasteiger partial charge is 0.194 e. The van der Waals surface area contributed by atoms with Gasteiger partial charge in [0.05, 0.1) is 19.8 Å². The Morgan fingerprint density at radius 1 is 1.13 bits per heavy atom. The summed E-state index contributed by atoms with van der Waals surface area (Å²) in [5, 5.41) is 3.48. The van der Waals surface area contributed by atoms with E-state index in [2.05, 4.69) is 51.0 Å². The fourth-order valence-corrected chi connectivity index (χ4v) is 4.50. The van der Waals surface area contributed by atoms with Gasteiger partial charge < -0.3 is 24.8 Å². The van der Waals surface area contributed by atoms with Gasteiger partial charge in [0.15, 0.2) is 5.96 Å². The summed E-state index contributed by atoms with van der Waals surface area (Å²) in [6.45, 7) is 13.9. The lowest BCUT2D eigenvalue weighted by molar-refractivity contribution is 0.0195. The largest absolute Gasteiger partial charge is 0.379 e. The molecule has 3 aliphatic heterocycles. The molecule has 0 saturated carbocycles. The molecule has 0 radical (unpaired) electrons. The van der Waals surface area contributed by atoms with E-state index in [4.69, 9.17) is 14.7 Å². The number of piperazine rings is 1. The number of rotatable bonds is 5. The Labute approximate surface area is 180 Å². The molecule has 8 heteroatoms. The van der Waals surface area contributed by atoms with Crippen LogP contribution in [0.5, 0.6) is 0 Å². The zero-order valence-electron chi connectivity index (χ0n) is 18.6. The lowest BCUT2D eigenvalue weighted by Gasteiger charge is -2.33. The van der Waals surface area contributed by atoms with Crippen LogP contribution in [0.15, 0.2) is 23.3 Å². The molecule has 1 aromatic rings. The quantitative estimate of drug-likeness (QED) is 0.561. The molecule has 166 valence electrons. The van der Waals surface area contributed by atoms with E-state index in [1.54, 1.807) is 0 Å². The highest BCUT2D eigenvalue weighted by Gasteiger charge is 2.30. The monoisotopic (exact) mass is 415 g/mol. The molecule has 3 fully saturated rings. The van der Waals surface area contributed by atoms with E-state index >= 15 is 0 Å².